The minimum Gasteiger partial charge on any atom is -0.352 e. The second kappa shape index (κ2) is 9.31. The number of hydrogen-bond donors (Lipinski definition) is 2. The Hall–Kier alpha value is -3.19. The summed E-state index contributed by atoms with van der Waals surface area (Å²) in [5, 5.41) is 7.05. The van der Waals surface area contributed by atoms with E-state index in [1.165, 1.54) is 0 Å². The van der Waals surface area contributed by atoms with Crippen molar-refractivity contribution in [1.29, 1.82) is 0 Å². The summed E-state index contributed by atoms with van der Waals surface area (Å²) >= 11 is 5.71. The Labute approximate surface area is 188 Å². The van der Waals surface area contributed by atoms with Crippen LogP contribution in [0.4, 0.5) is 5.69 Å². The van der Waals surface area contributed by atoms with E-state index in [1.807, 2.05) is 48.5 Å². The summed E-state index contributed by atoms with van der Waals surface area (Å²) in [6, 6.07) is 19.8. The van der Waals surface area contributed by atoms with E-state index >= 15 is 0 Å². The van der Waals surface area contributed by atoms with Gasteiger partial charge in [0.05, 0.1) is 17.8 Å². The second-order valence-corrected chi connectivity index (χ2v) is 8.30. The van der Waals surface area contributed by atoms with Gasteiger partial charge in [-0.25, -0.2) is 0 Å². The Bertz CT molecular complexity index is 1030. The first-order chi connectivity index (χ1) is 15.0. The van der Waals surface area contributed by atoms with Crippen LogP contribution in [0.1, 0.15) is 49.8 Å². The van der Waals surface area contributed by atoms with Crippen molar-refractivity contribution < 1.29 is 4.79 Å². The molecule has 0 spiro atoms. The van der Waals surface area contributed by atoms with Crippen LogP contribution >= 0.6 is 12.2 Å². The number of hydrogen-bond acceptors (Lipinski definition) is 3. The molecule has 1 aliphatic heterocycles. The van der Waals surface area contributed by atoms with E-state index in [0.717, 1.165) is 17.1 Å². The zero-order valence-electron chi connectivity index (χ0n) is 17.7. The number of thiocarbonyl (C=S) groups is 1. The van der Waals surface area contributed by atoms with Crippen LogP contribution in [0, 0.1) is 0 Å². The lowest BCUT2D eigenvalue weighted by Crippen LogP contribution is -2.33. The van der Waals surface area contributed by atoms with Crippen molar-refractivity contribution in [2.24, 2.45) is 0 Å². The van der Waals surface area contributed by atoms with Crippen LogP contribution in [-0.4, -0.2) is 32.0 Å². The molecule has 3 aromatic rings. The molecular weight excluding hydrogens is 406 g/mol. The van der Waals surface area contributed by atoms with Gasteiger partial charge >= 0.3 is 0 Å². The highest BCUT2D eigenvalue weighted by Crippen LogP contribution is 2.39. The van der Waals surface area contributed by atoms with Gasteiger partial charge < -0.3 is 20.1 Å². The number of amides is 1. The van der Waals surface area contributed by atoms with Gasteiger partial charge in [-0.3, -0.25) is 9.78 Å². The number of para-hydroxylation sites is 1. The molecule has 1 fully saturated rings. The first-order valence-corrected chi connectivity index (χ1v) is 10.9. The lowest BCUT2D eigenvalue weighted by Gasteiger charge is -2.29. The normalized spacial score (nSPS) is 18.3. The summed E-state index contributed by atoms with van der Waals surface area (Å²) in [6.07, 6.45) is 4.23. The highest BCUT2D eigenvalue weighted by molar-refractivity contribution is 7.80. The quantitative estimate of drug-likeness (QED) is 0.539. The van der Waals surface area contributed by atoms with E-state index in [-0.39, 0.29) is 18.0 Å². The molecule has 0 unspecified atom stereocenters. The Kier molecular flexibility index (Phi) is 6.32. The van der Waals surface area contributed by atoms with Crippen molar-refractivity contribution in [1.82, 2.24) is 19.8 Å². The smallest absolute Gasteiger partial charge is 0.226 e. The fourth-order valence-electron chi connectivity index (χ4n) is 4.06. The standard InChI is InChI=1S/C24H27N5OS/c1-17(2)28-15-8-12-20(28)23-22(19-11-6-7-14-25-19)27-24(31)29(23)16-13-21(30)26-18-9-4-3-5-10-18/h3-12,14-15,17,22-23H,13,16H2,1-2H3,(H,26,30)(H,27,31)/t22-,23+/m0/s1. The molecule has 6 nitrogen and oxygen atoms in total. The molecule has 1 aromatic carbocycles. The number of nitrogens with zero attached hydrogens (tertiary/aromatic N) is 3. The summed E-state index contributed by atoms with van der Waals surface area (Å²) < 4.78 is 2.26. The average Bonchev–Trinajstić information content (AvgIpc) is 3.38. The maximum atomic E-state index is 12.6. The number of carbonyl (C=O) groups is 1. The van der Waals surface area contributed by atoms with E-state index in [9.17, 15) is 4.79 Å². The summed E-state index contributed by atoms with van der Waals surface area (Å²) in [6.45, 7) is 4.84. The molecule has 4 rings (SSSR count). The molecule has 0 aliphatic carbocycles. The summed E-state index contributed by atoms with van der Waals surface area (Å²) in [7, 11) is 0. The monoisotopic (exact) mass is 433 g/mol. The molecule has 0 saturated carbocycles. The zero-order chi connectivity index (χ0) is 21.8. The van der Waals surface area contributed by atoms with E-state index in [4.69, 9.17) is 12.2 Å². The topological polar surface area (TPSA) is 62.2 Å². The van der Waals surface area contributed by atoms with Gasteiger partial charge in [0.15, 0.2) is 5.11 Å². The van der Waals surface area contributed by atoms with Gasteiger partial charge in [-0.1, -0.05) is 24.3 Å². The predicted octanol–water partition coefficient (Wildman–Crippen LogP) is 4.47. The van der Waals surface area contributed by atoms with Crippen molar-refractivity contribution >= 4 is 28.9 Å². The molecule has 3 heterocycles. The molecule has 1 saturated heterocycles. The van der Waals surface area contributed by atoms with E-state index in [0.29, 0.717) is 24.1 Å². The molecular formula is C24H27N5OS. The molecule has 7 heteroatoms. The first kappa shape index (κ1) is 21.1. The van der Waals surface area contributed by atoms with Crippen LogP contribution in [0.3, 0.4) is 0 Å². The van der Waals surface area contributed by atoms with E-state index in [1.54, 1.807) is 6.20 Å². The largest absolute Gasteiger partial charge is 0.352 e. The SMILES string of the molecule is CC(C)n1cccc1[C@@H]1[C@H](c2ccccn2)NC(=S)N1CCC(=O)Nc1ccccc1. The third-order valence-electron chi connectivity index (χ3n) is 5.51. The Morgan fingerprint density at radius 1 is 1.13 bits per heavy atom. The van der Waals surface area contributed by atoms with Crippen LogP contribution in [0.2, 0.25) is 0 Å². The number of pyridine rings is 1. The predicted molar refractivity (Wildman–Crippen MR) is 127 cm³/mol. The van der Waals surface area contributed by atoms with Gasteiger partial charge in [0.25, 0.3) is 0 Å². The molecule has 0 bridgehead atoms. The lowest BCUT2D eigenvalue weighted by molar-refractivity contribution is -0.116. The molecule has 1 amide bonds. The Morgan fingerprint density at radius 2 is 1.90 bits per heavy atom. The Balaban J connectivity index is 1.58. The number of benzene rings is 1. The molecule has 0 radical (unpaired) electrons. The van der Waals surface area contributed by atoms with E-state index < -0.39 is 0 Å². The molecule has 2 N–H and O–H groups in total. The number of aromatic nitrogens is 2. The van der Waals surface area contributed by atoms with Gasteiger partial charge in [0.1, 0.15) is 0 Å². The summed E-state index contributed by atoms with van der Waals surface area (Å²) in [4.78, 5) is 19.3. The van der Waals surface area contributed by atoms with Crippen LogP contribution in [0.15, 0.2) is 73.1 Å². The van der Waals surface area contributed by atoms with Crippen molar-refractivity contribution in [2.45, 2.75) is 38.4 Å². The highest BCUT2D eigenvalue weighted by Gasteiger charge is 2.41. The second-order valence-electron chi connectivity index (χ2n) is 7.92. The fraction of sp³-hybridized carbons (Fsp3) is 0.292. The van der Waals surface area contributed by atoms with Crippen molar-refractivity contribution in [3.63, 3.8) is 0 Å². The average molecular weight is 434 g/mol. The number of rotatable bonds is 7. The third kappa shape index (κ3) is 4.61. The van der Waals surface area contributed by atoms with Crippen molar-refractivity contribution in [2.75, 3.05) is 11.9 Å². The molecule has 31 heavy (non-hydrogen) atoms. The lowest BCUT2D eigenvalue weighted by atomic mass is 10.0. The van der Waals surface area contributed by atoms with E-state index in [2.05, 4.69) is 57.3 Å². The third-order valence-corrected chi connectivity index (χ3v) is 5.86. The summed E-state index contributed by atoms with van der Waals surface area (Å²) in [5.41, 5.74) is 2.88. The minimum atomic E-state index is -0.0849. The van der Waals surface area contributed by atoms with Crippen LogP contribution < -0.4 is 10.6 Å². The molecule has 2 aromatic heterocycles. The van der Waals surface area contributed by atoms with Crippen LogP contribution in [-0.2, 0) is 4.79 Å². The number of carbonyl (C=O) groups excluding carboxylic acids is 1. The maximum absolute atomic E-state index is 12.6. The summed E-state index contributed by atoms with van der Waals surface area (Å²) in [5.74, 6) is -0.0340. The van der Waals surface area contributed by atoms with Crippen molar-refractivity contribution in [3.8, 4) is 0 Å². The first-order valence-electron chi connectivity index (χ1n) is 10.5. The minimum absolute atomic E-state index is 0.0340. The zero-order valence-corrected chi connectivity index (χ0v) is 18.5. The van der Waals surface area contributed by atoms with Crippen molar-refractivity contribution in [3.05, 3.63) is 84.4 Å². The molecule has 160 valence electrons. The van der Waals surface area contributed by atoms with Gasteiger partial charge in [-0.15, -0.1) is 0 Å². The van der Waals surface area contributed by atoms with Gasteiger partial charge in [0, 0.05) is 42.8 Å². The maximum Gasteiger partial charge on any atom is 0.226 e. The van der Waals surface area contributed by atoms with Gasteiger partial charge in [-0.2, -0.15) is 0 Å². The number of nitrogens with one attached hydrogen (secondary N) is 2. The molecule has 2 atom stereocenters. The van der Waals surface area contributed by atoms with Gasteiger partial charge in [0.2, 0.25) is 5.91 Å². The number of anilines is 1. The van der Waals surface area contributed by atoms with Crippen LogP contribution in [0.25, 0.3) is 0 Å². The van der Waals surface area contributed by atoms with Gasteiger partial charge in [-0.05, 0) is 62.5 Å². The Morgan fingerprint density at radius 3 is 2.61 bits per heavy atom. The van der Waals surface area contributed by atoms with Crippen LogP contribution in [0.5, 0.6) is 0 Å². The molecule has 1 aliphatic rings. The fourth-order valence-corrected chi connectivity index (χ4v) is 4.39. The highest BCUT2D eigenvalue weighted by atomic mass is 32.1.